The molecular formula is C20H22F2N4O3S. The highest BCUT2D eigenvalue weighted by Crippen LogP contribution is 2.30. The lowest BCUT2D eigenvalue weighted by Crippen LogP contribution is -2.55. The van der Waals surface area contributed by atoms with Crippen LogP contribution in [-0.4, -0.2) is 35.0 Å². The fourth-order valence-corrected chi connectivity index (χ4v) is 3.66. The highest BCUT2D eigenvalue weighted by molar-refractivity contribution is 7.90. The Morgan fingerprint density at radius 3 is 2.33 bits per heavy atom. The summed E-state index contributed by atoms with van der Waals surface area (Å²) in [7, 11) is -0.698. The molecule has 0 aromatic heterocycles. The zero-order valence-corrected chi connectivity index (χ0v) is 17.5. The molecule has 0 radical (unpaired) electrons. The van der Waals surface area contributed by atoms with Crippen molar-refractivity contribution in [1.82, 2.24) is 16.0 Å². The van der Waals surface area contributed by atoms with Gasteiger partial charge in [0.1, 0.15) is 23.2 Å². The number of ether oxygens (including phenoxy) is 1. The van der Waals surface area contributed by atoms with E-state index >= 15 is 0 Å². The minimum Gasteiger partial charge on any atom is -0.497 e. The van der Waals surface area contributed by atoms with E-state index in [2.05, 4.69) is 20.9 Å². The van der Waals surface area contributed by atoms with E-state index in [0.717, 1.165) is 29.7 Å². The van der Waals surface area contributed by atoms with Crippen LogP contribution in [0.5, 0.6) is 5.75 Å². The molecule has 30 heavy (non-hydrogen) atoms. The first-order valence-corrected chi connectivity index (χ1v) is 10.9. The number of hydrogen-bond acceptors (Lipinski definition) is 7. The molecule has 1 unspecified atom stereocenters. The van der Waals surface area contributed by atoms with Gasteiger partial charge in [-0.2, -0.15) is 0 Å². The van der Waals surface area contributed by atoms with Crippen LogP contribution in [0.25, 0.3) is 0 Å². The number of allylic oxidation sites excluding steroid dienone is 1. The van der Waals surface area contributed by atoms with E-state index < -0.39 is 37.7 Å². The van der Waals surface area contributed by atoms with E-state index in [4.69, 9.17) is 4.74 Å². The second kappa shape index (κ2) is 8.41. The molecule has 0 aliphatic carbocycles. The molecule has 1 heterocycles. The lowest BCUT2D eigenvalue weighted by molar-refractivity contribution is 0.286. The smallest absolute Gasteiger partial charge is 0.218 e. The van der Waals surface area contributed by atoms with Gasteiger partial charge in [-0.05, 0) is 43.0 Å². The van der Waals surface area contributed by atoms with Gasteiger partial charge in [-0.1, -0.05) is 12.1 Å². The maximum absolute atomic E-state index is 14.8. The van der Waals surface area contributed by atoms with Gasteiger partial charge in [-0.15, -0.1) is 0 Å². The third-order valence-corrected chi connectivity index (χ3v) is 5.73. The van der Waals surface area contributed by atoms with Crippen LogP contribution in [0.15, 0.2) is 58.2 Å². The molecule has 3 rings (SSSR count). The van der Waals surface area contributed by atoms with Crippen LogP contribution in [0.4, 0.5) is 8.78 Å². The molecule has 0 saturated carbocycles. The van der Waals surface area contributed by atoms with Crippen LogP contribution in [0.1, 0.15) is 11.1 Å². The lowest BCUT2D eigenvalue weighted by atomic mass is 10.1. The van der Waals surface area contributed by atoms with Crippen molar-refractivity contribution in [3.05, 3.63) is 71.1 Å². The van der Waals surface area contributed by atoms with E-state index in [1.807, 2.05) is 24.3 Å². The van der Waals surface area contributed by atoms with Crippen molar-refractivity contribution in [2.75, 3.05) is 20.4 Å². The third kappa shape index (κ3) is 4.44. The first kappa shape index (κ1) is 21.7. The highest BCUT2D eigenvalue weighted by atomic mass is 32.2. The molecule has 2 aromatic rings. The fraction of sp³-hybridized carbons (Fsp3) is 0.250. The third-order valence-electron chi connectivity index (χ3n) is 4.63. The zero-order valence-electron chi connectivity index (χ0n) is 16.7. The van der Waals surface area contributed by atoms with Gasteiger partial charge >= 0.3 is 0 Å². The largest absolute Gasteiger partial charge is 0.497 e. The minimum atomic E-state index is -3.77. The van der Waals surface area contributed by atoms with Crippen LogP contribution < -0.4 is 20.7 Å². The van der Waals surface area contributed by atoms with Crippen LogP contribution in [0.3, 0.4) is 0 Å². The van der Waals surface area contributed by atoms with Crippen LogP contribution in [-0.2, 0) is 22.2 Å². The van der Waals surface area contributed by atoms with Crippen LogP contribution in [0, 0.1) is 11.6 Å². The van der Waals surface area contributed by atoms with Gasteiger partial charge in [0.05, 0.1) is 17.6 Å². The van der Waals surface area contributed by atoms with E-state index in [-0.39, 0.29) is 0 Å². The lowest BCUT2D eigenvalue weighted by Gasteiger charge is -2.35. The van der Waals surface area contributed by atoms with Gasteiger partial charge in [0.2, 0.25) is 5.79 Å². The van der Waals surface area contributed by atoms with E-state index in [1.165, 1.54) is 13.3 Å². The van der Waals surface area contributed by atoms with Gasteiger partial charge < -0.3 is 15.4 Å². The quantitative estimate of drug-likeness (QED) is 0.615. The van der Waals surface area contributed by atoms with E-state index in [0.29, 0.717) is 12.4 Å². The summed E-state index contributed by atoms with van der Waals surface area (Å²) < 4.78 is 58.1. The minimum absolute atomic E-state index is 0.439. The Balaban J connectivity index is 1.85. The SMILES string of the molecule is CNC1(c2c(F)cc(S(C)(=O)=O)cc2F)N=CC=C(NCc2ccc(OC)cc2)N1. The number of aliphatic imine (C=N–C) groups is 1. The van der Waals surface area contributed by atoms with Crippen molar-refractivity contribution in [1.29, 1.82) is 0 Å². The molecule has 3 N–H and O–H groups in total. The first-order valence-electron chi connectivity index (χ1n) is 8.97. The van der Waals surface area contributed by atoms with Crippen molar-refractivity contribution in [3.63, 3.8) is 0 Å². The van der Waals surface area contributed by atoms with Crippen molar-refractivity contribution in [2.45, 2.75) is 17.2 Å². The zero-order chi connectivity index (χ0) is 21.9. The molecule has 160 valence electrons. The number of nitrogens with one attached hydrogen (secondary N) is 3. The summed E-state index contributed by atoms with van der Waals surface area (Å²) in [5.74, 6) is -2.52. The molecule has 10 heteroatoms. The van der Waals surface area contributed by atoms with Crippen molar-refractivity contribution >= 4 is 16.1 Å². The maximum Gasteiger partial charge on any atom is 0.218 e. The Labute approximate surface area is 173 Å². The normalized spacial score (nSPS) is 18.5. The van der Waals surface area contributed by atoms with E-state index in [1.54, 1.807) is 13.2 Å². The summed E-state index contributed by atoms with van der Waals surface area (Å²) in [5, 5.41) is 8.88. The molecule has 0 saturated heterocycles. The number of hydrogen-bond donors (Lipinski definition) is 3. The number of benzene rings is 2. The van der Waals surface area contributed by atoms with Gasteiger partial charge in [0.25, 0.3) is 0 Å². The Morgan fingerprint density at radius 2 is 1.80 bits per heavy atom. The van der Waals surface area contributed by atoms with Gasteiger partial charge in [0.15, 0.2) is 9.84 Å². The molecule has 0 bridgehead atoms. The molecule has 0 fully saturated rings. The Bertz CT molecular complexity index is 1080. The number of methoxy groups -OCH3 is 1. The number of rotatable bonds is 7. The average molecular weight is 436 g/mol. The van der Waals surface area contributed by atoms with Gasteiger partial charge in [0, 0.05) is 19.0 Å². The summed E-state index contributed by atoms with van der Waals surface area (Å²) in [6.07, 6.45) is 3.92. The Kier molecular flexibility index (Phi) is 6.09. The first-order chi connectivity index (χ1) is 14.2. The highest BCUT2D eigenvalue weighted by Gasteiger charge is 2.38. The summed E-state index contributed by atoms with van der Waals surface area (Å²) >= 11 is 0. The Hall–Kier alpha value is -2.98. The van der Waals surface area contributed by atoms with Gasteiger partial charge in [-0.25, -0.2) is 22.2 Å². The molecule has 0 spiro atoms. The molecular weight excluding hydrogens is 414 g/mol. The van der Waals surface area contributed by atoms with E-state index in [9.17, 15) is 17.2 Å². The van der Waals surface area contributed by atoms with Gasteiger partial charge in [-0.3, -0.25) is 5.32 Å². The number of halogens is 2. The average Bonchev–Trinajstić information content (AvgIpc) is 2.71. The fourth-order valence-electron chi connectivity index (χ4n) is 3.02. The van der Waals surface area contributed by atoms with Crippen molar-refractivity contribution in [3.8, 4) is 5.75 Å². The molecule has 1 aliphatic rings. The maximum atomic E-state index is 14.8. The Morgan fingerprint density at radius 1 is 1.17 bits per heavy atom. The molecule has 0 amide bonds. The van der Waals surface area contributed by atoms with Crippen LogP contribution in [0.2, 0.25) is 0 Å². The number of sulfone groups is 1. The summed E-state index contributed by atoms with van der Waals surface area (Å²) in [4.78, 5) is 3.74. The second-order valence-electron chi connectivity index (χ2n) is 6.68. The predicted octanol–water partition coefficient (Wildman–Crippen LogP) is 2.01. The molecule has 1 atom stereocenters. The summed E-state index contributed by atoms with van der Waals surface area (Å²) in [6.45, 7) is 0.439. The standard InChI is InChI=1S/C20H22F2N4O3S/c1-23-20(19-16(21)10-15(11-17(19)22)30(3,27)28)25-9-8-18(26-20)24-12-13-4-6-14(29-2)7-5-13/h4-11,23-24,26H,12H2,1-3H3. The van der Waals surface area contributed by atoms with Crippen molar-refractivity contribution in [2.24, 2.45) is 4.99 Å². The summed E-state index contributed by atoms with van der Waals surface area (Å²) in [5.41, 5.74) is 0.524. The summed E-state index contributed by atoms with van der Waals surface area (Å²) in [6, 6.07) is 9.00. The second-order valence-corrected chi connectivity index (χ2v) is 8.70. The topological polar surface area (TPSA) is 91.8 Å². The van der Waals surface area contributed by atoms with Crippen LogP contribution >= 0.6 is 0 Å². The number of nitrogens with zero attached hydrogens (tertiary/aromatic N) is 1. The predicted molar refractivity (Wildman–Crippen MR) is 110 cm³/mol. The monoisotopic (exact) mass is 436 g/mol. The van der Waals surface area contributed by atoms with Crippen molar-refractivity contribution < 1.29 is 21.9 Å². The molecule has 1 aliphatic heterocycles. The molecule has 2 aromatic carbocycles. The molecule has 7 nitrogen and oxygen atoms in total.